The Morgan fingerprint density at radius 3 is 2.56 bits per heavy atom. The summed E-state index contributed by atoms with van der Waals surface area (Å²) in [4.78, 5) is 30.1. The van der Waals surface area contributed by atoms with Crippen LogP contribution in [-0.2, 0) is 17.6 Å². The molecule has 0 bridgehead atoms. The Kier molecular flexibility index (Phi) is 10.1. The summed E-state index contributed by atoms with van der Waals surface area (Å²) in [5.74, 6) is -1.45. The summed E-state index contributed by atoms with van der Waals surface area (Å²) >= 11 is 13.8. The number of benzene rings is 2. The molecule has 1 unspecified atom stereocenters. The predicted molar refractivity (Wildman–Crippen MR) is 147 cm³/mol. The highest BCUT2D eigenvalue weighted by Gasteiger charge is 2.21. The molecule has 3 aromatic rings. The molecule has 10 heteroatoms. The minimum Gasteiger partial charge on any atom is -0.481 e. The van der Waals surface area contributed by atoms with E-state index in [9.17, 15) is 14.7 Å². The van der Waals surface area contributed by atoms with Crippen LogP contribution in [0.1, 0.15) is 34.6 Å². The van der Waals surface area contributed by atoms with Crippen molar-refractivity contribution in [3.8, 4) is 11.3 Å². The predicted octanol–water partition coefficient (Wildman–Crippen LogP) is 5.36. The molecule has 192 valence electrons. The highest BCUT2D eigenvalue weighted by atomic mass is 35.5. The number of carbonyl (C=O) groups excluding carboxylic acids is 1. The number of halogens is 2. The third-order valence-corrected chi connectivity index (χ3v) is 7.21. The summed E-state index contributed by atoms with van der Waals surface area (Å²) in [6.07, 6.45) is 1.10. The first-order valence-electron chi connectivity index (χ1n) is 11.7. The van der Waals surface area contributed by atoms with Gasteiger partial charge in [-0.3, -0.25) is 9.59 Å². The van der Waals surface area contributed by atoms with Crippen molar-refractivity contribution in [1.29, 1.82) is 0 Å². The number of aromatic nitrogens is 1. The molecule has 5 N–H and O–H groups in total. The number of nitrogens with one attached hydrogen (secondary N) is 2. The van der Waals surface area contributed by atoms with Crippen LogP contribution in [0.15, 0.2) is 42.5 Å². The summed E-state index contributed by atoms with van der Waals surface area (Å²) in [7, 11) is 0. The molecule has 36 heavy (non-hydrogen) atoms. The van der Waals surface area contributed by atoms with Crippen LogP contribution in [0.2, 0.25) is 10.0 Å². The van der Waals surface area contributed by atoms with Crippen molar-refractivity contribution < 1.29 is 14.7 Å². The normalized spacial score (nSPS) is 11.9. The number of hydrogen-bond donors (Lipinski definition) is 4. The standard InChI is InChI=1S/C26H30Cl2N4O3S/c1-15(2)10-22-23(17-6-7-20(27)21(28)13-17)32-26(36-22)31-14-19(25(34)35)12-16-4-3-5-18(11-16)24(33)30-9-8-29/h3-7,11,13,15,19H,8-10,12,14,29H2,1-2H3,(H,30,33)(H,31,32)(H,34,35). The zero-order valence-corrected chi connectivity index (χ0v) is 22.5. The van der Waals surface area contributed by atoms with Crippen molar-refractivity contribution >= 4 is 51.5 Å². The van der Waals surface area contributed by atoms with Gasteiger partial charge in [-0.05, 0) is 48.6 Å². The zero-order chi connectivity index (χ0) is 26.2. The molecular formula is C26H30Cl2N4O3S. The summed E-state index contributed by atoms with van der Waals surface area (Å²) in [5, 5.41) is 17.4. The molecule has 1 heterocycles. The fourth-order valence-electron chi connectivity index (χ4n) is 3.67. The monoisotopic (exact) mass is 548 g/mol. The summed E-state index contributed by atoms with van der Waals surface area (Å²) in [6, 6.07) is 12.4. The van der Waals surface area contributed by atoms with Crippen molar-refractivity contribution in [2.45, 2.75) is 26.7 Å². The Morgan fingerprint density at radius 1 is 1.11 bits per heavy atom. The van der Waals surface area contributed by atoms with Crippen molar-refractivity contribution in [3.05, 3.63) is 68.5 Å². The van der Waals surface area contributed by atoms with Crippen molar-refractivity contribution in [2.75, 3.05) is 25.0 Å². The maximum Gasteiger partial charge on any atom is 0.308 e. The third kappa shape index (κ3) is 7.67. The molecule has 0 aliphatic heterocycles. The van der Waals surface area contributed by atoms with E-state index in [-0.39, 0.29) is 18.9 Å². The van der Waals surface area contributed by atoms with Crippen LogP contribution in [0.25, 0.3) is 11.3 Å². The van der Waals surface area contributed by atoms with E-state index in [1.54, 1.807) is 30.3 Å². The van der Waals surface area contributed by atoms with Crippen LogP contribution in [0.3, 0.4) is 0 Å². The highest BCUT2D eigenvalue weighted by molar-refractivity contribution is 7.16. The van der Waals surface area contributed by atoms with E-state index in [4.69, 9.17) is 33.9 Å². The quantitative estimate of drug-likeness (QED) is 0.242. The minimum absolute atomic E-state index is 0.189. The van der Waals surface area contributed by atoms with Crippen LogP contribution in [-0.4, -0.2) is 41.6 Å². The van der Waals surface area contributed by atoms with E-state index in [1.807, 2.05) is 12.1 Å². The lowest BCUT2D eigenvalue weighted by Crippen LogP contribution is -2.29. The Bertz CT molecular complexity index is 1220. The average Bonchev–Trinajstić information content (AvgIpc) is 3.23. The molecule has 1 aromatic heterocycles. The van der Waals surface area contributed by atoms with Gasteiger partial charge in [-0.15, -0.1) is 11.3 Å². The highest BCUT2D eigenvalue weighted by Crippen LogP contribution is 2.35. The van der Waals surface area contributed by atoms with E-state index >= 15 is 0 Å². The summed E-state index contributed by atoms with van der Waals surface area (Å²) < 4.78 is 0. The van der Waals surface area contributed by atoms with Crippen LogP contribution in [0, 0.1) is 11.8 Å². The van der Waals surface area contributed by atoms with Crippen LogP contribution in [0.5, 0.6) is 0 Å². The van der Waals surface area contributed by atoms with Gasteiger partial charge in [0.1, 0.15) is 0 Å². The SMILES string of the molecule is CC(C)Cc1sc(NCC(Cc2cccc(C(=O)NCCN)c2)C(=O)O)nc1-c1ccc(Cl)c(Cl)c1. The van der Waals surface area contributed by atoms with Gasteiger partial charge in [0.05, 0.1) is 21.7 Å². The summed E-state index contributed by atoms with van der Waals surface area (Å²) in [5.41, 5.74) is 8.36. The fourth-order valence-corrected chi connectivity index (χ4v) is 5.18. The number of nitrogens with zero attached hydrogens (tertiary/aromatic N) is 1. The van der Waals surface area contributed by atoms with Gasteiger partial charge >= 0.3 is 5.97 Å². The molecule has 0 aliphatic rings. The molecule has 2 aromatic carbocycles. The first-order valence-corrected chi connectivity index (χ1v) is 13.2. The van der Waals surface area contributed by atoms with Crippen molar-refractivity contribution in [1.82, 2.24) is 10.3 Å². The van der Waals surface area contributed by atoms with Gasteiger partial charge in [0.25, 0.3) is 5.91 Å². The van der Waals surface area contributed by atoms with Crippen LogP contribution >= 0.6 is 34.5 Å². The first-order chi connectivity index (χ1) is 17.2. The van der Waals surface area contributed by atoms with Crippen molar-refractivity contribution in [3.63, 3.8) is 0 Å². The number of rotatable bonds is 12. The Hall–Kier alpha value is -2.65. The second-order valence-electron chi connectivity index (χ2n) is 8.88. The second kappa shape index (κ2) is 13.1. The van der Waals surface area contributed by atoms with Crippen LogP contribution in [0.4, 0.5) is 5.13 Å². The molecule has 3 rings (SSSR count). The van der Waals surface area contributed by atoms with E-state index in [0.717, 1.165) is 28.1 Å². The lowest BCUT2D eigenvalue weighted by molar-refractivity contribution is -0.141. The van der Waals surface area contributed by atoms with Gasteiger partial charge in [-0.2, -0.15) is 0 Å². The average molecular weight is 550 g/mol. The Labute approximate surface area is 225 Å². The molecule has 0 fully saturated rings. The molecule has 1 amide bonds. The number of hydrogen-bond acceptors (Lipinski definition) is 6. The maximum atomic E-state index is 12.2. The number of carboxylic acids is 1. The number of carbonyl (C=O) groups is 2. The second-order valence-corrected chi connectivity index (χ2v) is 10.8. The molecule has 0 saturated heterocycles. The van der Waals surface area contributed by atoms with E-state index in [2.05, 4.69) is 24.5 Å². The molecule has 0 aliphatic carbocycles. The largest absolute Gasteiger partial charge is 0.481 e. The zero-order valence-electron chi connectivity index (χ0n) is 20.2. The number of carboxylic acid groups (broad SMARTS) is 1. The summed E-state index contributed by atoms with van der Waals surface area (Å²) in [6.45, 7) is 5.18. The molecule has 7 nitrogen and oxygen atoms in total. The van der Waals surface area contributed by atoms with Gasteiger partial charge in [0.15, 0.2) is 5.13 Å². The number of anilines is 1. The minimum atomic E-state index is -0.927. The fraction of sp³-hybridized carbons (Fsp3) is 0.346. The topological polar surface area (TPSA) is 117 Å². The first kappa shape index (κ1) is 27.9. The van der Waals surface area contributed by atoms with Crippen LogP contribution < -0.4 is 16.4 Å². The number of amides is 1. The molecular weight excluding hydrogens is 519 g/mol. The maximum absolute atomic E-state index is 12.2. The third-order valence-electron chi connectivity index (χ3n) is 5.43. The van der Waals surface area contributed by atoms with Gasteiger partial charge < -0.3 is 21.5 Å². The van der Waals surface area contributed by atoms with E-state index in [1.165, 1.54) is 11.3 Å². The Morgan fingerprint density at radius 2 is 1.89 bits per heavy atom. The molecule has 0 radical (unpaired) electrons. The lowest BCUT2D eigenvalue weighted by Gasteiger charge is -2.14. The van der Waals surface area contributed by atoms with Gasteiger partial charge in [-0.25, -0.2) is 4.98 Å². The molecule has 0 saturated carbocycles. The number of aliphatic carboxylic acids is 1. The van der Waals surface area contributed by atoms with E-state index < -0.39 is 11.9 Å². The van der Waals surface area contributed by atoms with Gasteiger partial charge in [0, 0.05) is 35.6 Å². The Balaban J connectivity index is 1.76. The molecule has 1 atom stereocenters. The van der Waals surface area contributed by atoms with Gasteiger partial charge in [-0.1, -0.05) is 55.2 Å². The number of thiazole rings is 1. The van der Waals surface area contributed by atoms with Gasteiger partial charge in [0.2, 0.25) is 0 Å². The van der Waals surface area contributed by atoms with E-state index in [0.29, 0.717) is 39.7 Å². The number of nitrogens with two attached hydrogens (primary N) is 1. The molecule has 0 spiro atoms. The smallest absolute Gasteiger partial charge is 0.308 e. The van der Waals surface area contributed by atoms with Crippen molar-refractivity contribution in [2.24, 2.45) is 17.6 Å². The lowest BCUT2D eigenvalue weighted by atomic mass is 9.98.